The quantitative estimate of drug-likeness (QED) is 0.852. The molecule has 1 aliphatic rings. The van der Waals surface area contributed by atoms with Crippen molar-refractivity contribution in [1.82, 2.24) is 5.32 Å². The van der Waals surface area contributed by atoms with E-state index in [4.69, 9.17) is 14.2 Å². The molecule has 1 aliphatic carbocycles. The second kappa shape index (κ2) is 7.11. The molecule has 0 radical (unpaired) electrons. The third-order valence-corrected chi connectivity index (χ3v) is 4.50. The fraction of sp³-hybridized carbons (Fsp3) is 0.368. The normalized spacial score (nSPS) is 19.0. The van der Waals surface area contributed by atoms with Gasteiger partial charge in [-0.1, -0.05) is 30.3 Å². The van der Waals surface area contributed by atoms with E-state index in [1.165, 1.54) is 5.56 Å². The fourth-order valence-corrected chi connectivity index (χ4v) is 3.34. The Morgan fingerprint density at radius 2 is 1.75 bits per heavy atom. The Morgan fingerprint density at radius 3 is 2.46 bits per heavy atom. The van der Waals surface area contributed by atoms with Crippen LogP contribution in [0.5, 0.6) is 17.2 Å². The highest BCUT2D eigenvalue weighted by atomic mass is 16.5. The average molecular weight is 329 g/mol. The van der Waals surface area contributed by atoms with Gasteiger partial charge in [-0.2, -0.15) is 0 Å². The van der Waals surface area contributed by atoms with E-state index < -0.39 is 6.10 Å². The number of hydrogen-bond acceptors (Lipinski definition) is 5. The second-order valence-electron chi connectivity index (χ2n) is 5.82. The van der Waals surface area contributed by atoms with Crippen LogP contribution < -0.4 is 19.5 Å². The summed E-state index contributed by atoms with van der Waals surface area (Å²) < 4.78 is 16.2. The number of methoxy groups -OCH3 is 3. The van der Waals surface area contributed by atoms with Crippen LogP contribution in [0.3, 0.4) is 0 Å². The lowest BCUT2D eigenvalue weighted by Crippen LogP contribution is -2.28. The Bertz CT molecular complexity index is 717. The molecule has 5 heteroatoms. The van der Waals surface area contributed by atoms with Gasteiger partial charge in [-0.05, 0) is 17.2 Å². The predicted octanol–water partition coefficient (Wildman–Crippen LogP) is 2.46. The molecule has 2 N–H and O–H groups in total. The molecule has 2 atom stereocenters. The molecule has 3 rings (SSSR count). The van der Waals surface area contributed by atoms with Crippen LogP contribution in [-0.4, -0.2) is 32.5 Å². The van der Waals surface area contributed by atoms with Crippen LogP contribution in [-0.2, 0) is 13.0 Å². The van der Waals surface area contributed by atoms with Gasteiger partial charge in [0.05, 0.1) is 33.5 Å². The third-order valence-electron chi connectivity index (χ3n) is 4.50. The number of nitrogens with one attached hydrogen (secondary N) is 1. The highest BCUT2D eigenvalue weighted by Crippen LogP contribution is 2.40. The summed E-state index contributed by atoms with van der Waals surface area (Å²) in [6.07, 6.45) is 0.255. The van der Waals surface area contributed by atoms with Crippen molar-refractivity contribution in [2.45, 2.75) is 25.1 Å². The molecular formula is C19H23NO4. The first-order valence-corrected chi connectivity index (χ1v) is 7.96. The van der Waals surface area contributed by atoms with Crippen LogP contribution >= 0.6 is 0 Å². The lowest BCUT2D eigenvalue weighted by Gasteiger charge is -2.20. The maximum Gasteiger partial charge on any atom is 0.203 e. The van der Waals surface area contributed by atoms with E-state index in [0.29, 0.717) is 30.2 Å². The molecule has 0 spiro atoms. The molecule has 0 saturated heterocycles. The van der Waals surface area contributed by atoms with Gasteiger partial charge in [0.1, 0.15) is 0 Å². The summed E-state index contributed by atoms with van der Waals surface area (Å²) in [7, 11) is 4.80. The van der Waals surface area contributed by atoms with E-state index >= 15 is 0 Å². The van der Waals surface area contributed by atoms with Crippen molar-refractivity contribution < 1.29 is 19.3 Å². The highest BCUT2D eigenvalue weighted by molar-refractivity contribution is 5.55. The van der Waals surface area contributed by atoms with Gasteiger partial charge in [-0.15, -0.1) is 0 Å². The molecule has 24 heavy (non-hydrogen) atoms. The molecule has 0 aromatic heterocycles. The first kappa shape index (κ1) is 16.6. The van der Waals surface area contributed by atoms with E-state index in [9.17, 15) is 5.11 Å². The first-order chi connectivity index (χ1) is 11.7. The Hall–Kier alpha value is -2.24. The second-order valence-corrected chi connectivity index (χ2v) is 5.82. The molecule has 5 nitrogen and oxygen atoms in total. The zero-order valence-corrected chi connectivity index (χ0v) is 14.2. The molecule has 0 heterocycles. The summed E-state index contributed by atoms with van der Waals surface area (Å²) in [5.41, 5.74) is 3.30. The molecule has 128 valence electrons. The minimum Gasteiger partial charge on any atom is -0.493 e. The summed E-state index contributed by atoms with van der Waals surface area (Å²) in [6, 6.07) is 11.9. The standard InChI is InChI=1S/C19H23NO4/c1-22-16-9-8-13(18(23-2)19(16)24-3)11-20-17-14-7-5-4-6-12(14)10-15(17)21/h4-9,15,17,20-21H,10-11H2,1-3H3/t15-,17+/m0/s1. The maximum absolute atomic E-state index is 10.4. The minimum atomic E-state index is -0.423. The molecular weight excluding hydrogens is 306 g/mol. The van der Waals surface area contributed by atoms with E-state index in [2.05, 4.69) is 17.4 Å². The number of aliphatic hydroxyl groups is 1. The van der Waals surface area contributed by atoms with Crippen LogP contribution in [0.2, 0.25) is 0 Å². The first-order valence-electron chi connectivity index (χ1n) is 7.96. The number of aliphatic hydroxyl groups excluding tert-OH is 1. The zero-order valence-electron chi connectivity index (χ0n) is 14.2. The van der Waals surface area contributed by atoms with Crippen molar-refractivity contribution in [3.05, 3.63) is 53.1 Å². The van der Waals surface area contributed by atoms with Gasteiger partial charge < -0.3 is 24.6 Å². The van der Waals surface area contributed by atoms with Crippen LogP contribution in [0.1, 0.15) is 22.7 Å². The van der Waals surface area contributed by atoms with Gasteiger partial charge in [0.15, 0.2) is 11.5 Å². The van der Waals surface area contributed by atoms with Gasteiger partial charge in [0, 0.05) is 18.5 Å². The average Bonchev–Trinajstić information content (AvgIpc) is 2.94. The molecule has 2 aromatic rings. The van der Waals surface area contributed by atoms with Crippen molar-refractivity contribution in [3.8, 4) is 17.2 Å². The zero-order chi connectivity index (χ0) is 17.1. The summed E-state index contributed by atoms with van der Waals surface area (Å²) in [5.74, 6) is 1.85. The van der Waals surface area contributed by atoms with Gasteiger partial charge in [0.25, 0.3) is 0 Å². The maximum atomic E-state index is 10.4. The van der Waals surface area contributed by atoms with E-state index in [-0.39, 0.29) is 6.04 Å². The summed E-state index contributed by atoms with van der Waals surface area (Å²) >= 11 is 0. The Kier molecular flexibility index (Phi) is 4.92. The van der Waals surface area contributed by atoms with Crippen LogP contribution in [0.25, 0.3) is 0 Å². The van der Waals surface area contributed by atoms with Gasteiger partial charge >= 0.3 is 0 Å². The Labute approximate surface area is 142 Å². The largest absolute Gasteiger partial charge is 0.493 e. The van der Waals surface area contributed by atoms with E-state index in [1.54, 1.807) is 21.3 Å². The van der Waals surface area contributed by atoms with Crippen LogP contribution in [0.15, 0.2) is 36.4 Å². The molecule has 0 unspecified atom stereocenters. The number of fused-ring (bicyclic) bond motifs is 1. The molecule has 0 saturated carbocycles. The molecule has 0 fully saturated rings. The topological polar surface area (TPSA) is 60.0 Å². The van der Waals surface area contributed by atoms with Crippen molar-refractivity contribution in [2.24, 2.45) is 0 Å². The third kappa shape index (κ3) is 2.92. The smallest absolute Gasteiger partial charge is 0.203 e. The monoisotopic (exact) mass is 329 g/mol. The van der Waals surface area contributed by atoms with E-state index in [1.807, 2.05) is 24.3 Å². The van der Waals surface area contributed by atoms with Crippen molar-refractivity contribution in [2.75, 3.05) is 21.3 Å². The van der Waals surface area contributed by atoms with Crippen LogP contribution in [0, 0.1) is 0 Å². The highest BCUT2D eigenvalue weighted by Gasteiger charge is 2.30. The van der Waals surface area contributed by atoms with Crippen molar-refractivity contribution >= 4 is 0 Å². The van der Waals surface area contributed by atoms with E-state index in [0.717, 1.165) is 11.1 Å². The van der Waals surface area contributed by atoms with Crippen molar-refractivity contribution in [3.63, 3.8) is 0 Å². The lowest BCUT2D eigenvalue weighted by atomic mass is 10.1. The molecule has 2 aromatic carbocycles. The Balaban J connectivity index is 1.82. The van der Waals surface area contributed by atoms with Gasteiger partial charge in [-0.25, -0.2) is 0 Å². The number of hydrogen-bond donors (Lipinski definition) is 2. The summed E-state index contributed by atoms with van der Waals surface area (Å²) in [4.78, 5) is 0. The van der Waals surface area contributed by atoms with Crippen molar-refractivity contribution in [1.29, 1.82) is 0 Å². The molecule has 0 bridgehead atoms. The molecule has 0 aliphatic heterocycles. The van der Waals surface area contributed by atoms with Gasteiger partial charge in [-0.3, -0.25) is 0 Å². The van der Waals surface area contributed by atoms with Crippen LogP contribution in [0.4, 0.5) is 0 Å². The fourth-order valence-electron chi connectivity index (χ4n) is 3.34. The SMILES string of the molecule is COc1ccc(CN[C@@H]2c3ccccc3C[C@@H]2O)c(OC)c1OC. The Morgan fingerprint density at radius 1 is 1.00 bits per heavy atom. The predicted molar refractivity (Wildman–Crippen MR) is 91.8 cm³/mol. The minimum absolute atomic E-state index is 0.0843. The molecule has 0 amide bonds. The number of rotatable bonds is 6. The number of ether oxygens (including phenoxy) is 3. The lowest BCUT2D eigenvalue weighted by molar-refractivity contribution is 0.140. The van der Waals surface area contributed by atoms with Gasteiger partial charge in [0.2, 0.25) is 5.75 Å². The summed E-state index contributed by atoms with van der Waals surface area (Å²) in [6.45, 7) is 0.555. The summed E-state index contributed by atoms with van der Waals surface area (Å²) in [5, 5.41) is 13.8. The number of benzene rings is 2.